The molecular formula is C15H23BrO10. The van der Waals surface area contributed by atoms with Crippen LogP contribution >= 0.6 is 15.9 Å². The Bertz CT molecular complexity index is 557. The van der Waals surface area contributed by atoms with E-state index in [0.717, 1.165) is 6.26 Å². The van der Waals surface area contributed by atoms with Gasteiger partial charge in [-0.15, -0.1) is 0 Å². The minimum atomic E-state index is -1.88. The molecule has 2 aliphatic heterocycles. The molecule has 0 bridgehead atoms. The van der Waals surface area contributed by atoms with Gasteiger partial charge < -0.3 is 50.0 Å². The number of fused-ring (bicyclic) bond motifs is 1. The fourth-order valence-corrected chi connectivity index (χ4v) is 4.51. The minimum absolute atomic E-state index is 0.635. The van der Waals surface area contributed by atoms with E-state index in [1.165, 1.54) is 13.0 Å². The quantitative estimate of drug-likeness (QED) is 0.222. The van der Waals surface area contributed by atoms with E-state index < -0.39 is 71.7 Å². The van der Waals surface area contributed by atoms with Gasteiger partial charge in [0.05, 0.1) is 29.2 Å². The van der Waals surface area contributed by atoms with Crippen molar-refractivity contribution in [3.05, 3.63) is 12.3 Å². The summed E-state index contributed by atoms with van der Waals surface area (Å²) < 4.78 is 16.1. The lowest BCUT2D eigenvalue weighted by atomic mass is 9.81. The van der Waals surface area contributed by atoms with Crippen LogP contribution in [0.5, 0.6) is 0 Å². The molecule has 0 aromatic rings. The summed E-state index contributed by atoms with van der Waals surface area (Å²) in [5.41, 5.74) is -3.55. The zero-order valence-corrected chi connectivity index (χ0v) is 15.4. The van der Waals surface area contributed by atoms with E-state index >= 15 is 0 Å². The van der Waals surface area contributed by atoms with Crippen LogP contribution < -0.4 is 0 Å². The predicted molar refractivity (Wildman–Crippen MR) is 86.7 cm³/mol. The zero-order chi connectivity index (χ0) is 19.4. The van der Waals surface area contributed by atoms with E-state index in [9.17, 15) is 35.7 Å². The number of hydrogen-bond acceptors (Lipinski definition) is 10. The standard InChI is InChI=1S/C15H23BrO10/c1-14(22)9-13(24-3-2-15(9,23)11(21)10(14)16)26-12-8(20)7(19)6(18)5(4-17)25-12/h2-3,5-13,17-23H,4H2,1H3/t5-,6-,7+,8-,9-,10-,11-,12+,13+,14-,15+/m1/s1. The fraction of sp³-hybridized carbons (Fsp3) is 0.867. The van der Waals surface area contributed by atoms with E-state index in [1.54, 1.807) is 0 Å². The second kappa shape index (κ2) is 6.92. The molecular weight excluding hydrogens is 420 g/mol. The highest BCUT2D eigenvalue weighted by molar-refractivity contribution is 9.09. The Hall–Kier alpha value is -0.340. The van der Waals surface area contributed by atoms with Gasteiger partial charge in [0.15, 0.2) is 6.29 Å². The number of hydrogen-bond donors (Lipinski definition) is 7. The Morgan fingerprint density at radius 1 is 1.08 bits per heavy atom. The molecule has 150 valence electrons. The van der Waals surface area contributed by atoms with Crippen molar-refractivity contribution in [1.82, 2.24) is 0 Å². The van der Waals surface area contributed by atoms with Gasteiger partial charge in [-0.1, -0.05) is 15.9 Å². The van der Waals surface area contributed by atoms with E-state index in [4.69, 9.17) is 14.2 Å². The van der Waals surface area contributed by atoms with Gasteiger partial charge in [-0.3, -0.25) is 0 Å². The zero-order valence-electron chi connectivity index (χ0n) is 13.8. The molecule has 1 saturated carbocycles. The van der Waals surface area contributed by atoms with Gasteiger partial charge in [-0.2, -0.15) is 0 Å². The average Bonchev–Trinajstić information content (AvgIpc) is 2.73. The summed E-state index contributed by atoms with van der Waals surface area (Å²) in [5, 5.41) is 70.9. The van der Waals surface area contributed by atoms with E-state index in [2.05, 4.69) is 15.9 Å². The molecule has 11 heteroatoms. The van der Waals surface area contributed by atoms with Crippen molar-refractivity contribution in [2.45, 2.75) is 66.1 Å². The topological polar surface area (TPSA) is 169 Å². The Labute approximate surface area is 157 Å². The molecule has 2 heterocycles. The Morgan fingerprint density at radius 3 is 2.35 bits per heavy atom. The third-order valence-electron chi connectivity index (χ3n) is 5.37. The van der Waals surface area contributed by atoms with Gasteiger partial charge in [0.1, 0.15) is 36.1 Å². The van der Waals surface area contributed by atoms with Crippen molar-refractivity contribution >= 4 is 15.9 Å². The number of rotatable bonds is 3. The van der Waals surface area contributed by atoms with E-state index in [-0.39, 0.29) is 0 Å². The molecule has 3 rings (SSSR count). The van der Waals surface area contributed by atoms with E-state index in [1.807, 2.05) is 0 Å². The lowest BCUT2D eigenvalue weighted by Gasteiger charge is -2.45. The monoisotopic (exact) mass is 442 g/mol. The maximum Gasteiger partial charge on any atom is 0.210 e. The SMILES string of the molecule is C[C@]1(O)[C@H](Br)[C@@H](O)[C@]2(O)C=CO[C@@H](O[C@@H]3O[C@H](CO)[C@@H](O)[C@H](O)[C@H]3O)[C@H]12. The molecule has 11 atom stereocenters. The van der Waals surface area contributed by atoms with Crippen LogP contribution in [0.3, 0.4) is 0 Å². The lowest BCUT2D eigenvalue weighted by Crippen LogP contribution is -2.62. The first kappa shape index (κ1) is 20.4. The van der Waals surface area contributed by atoms with Crippen LogP contribution in [0.15, 0.2) is 12.3 Å². The molecule has 7 N–H and O–H groups in total. The second-order valence-electron chi connectivity index (χ2n) is 7.08. The first-order valence-corrected chi connectivity index (χ1v) is 9.03. The van der Waals surface area contributed by atoms with Gasteiger partial charge in [-0.25, -0.2) is 0 Å². The third kappa shape index (κ3) is 2.91. The summed E-state index contributed by atoms with van der Waals surface area (Å²) in [5.74, 6) is -1.17. The summed E-state index contributed by atoms with van der Waals surface area (Å²) >= 11 is 3.16. The molecule has 0 spiro atoms. The highest BCUT2D eigenvalue weighted by Gasteiger charge is 2.68. The van der Waals surface area contributed by atoms with Crippen molar-refractivity contribution in [2.75, 3.05) is 6.61 Å². The van der Waals surface area contributed by atoms with Gasteiger partial charge in [0, 0.05) is 0 Å². The highest BCUT2D eigenvalue weighted by atomic mass is 79.9. The van der Waals surface area contributed by atoms with Gasteiger partial charge in [0.25, 0.3) is 0 Å². The molecule has 0 amide bonds. The van der Waals surface area contributed by atoms with Crippen molar-refractivity contribution in [2.24, 2.45) is 5.92 Å². The number of ether oxygens (including phenoxy) is 3. The van der Waals surface area contributed by atoms with Crippen LogP contribution in [0, 0.1) is 5.92 Å². The largest absolute Gasteiger partial charge is 0.472 e. The van der Waals surface area contributed by atoms with Crippen LogP contribution in [0.25, 0.3) is 0 Å². The minimum Gasteiger partial charge on any atom is -0.472 e. The molecule has 1 saturated heterocycles. The summed E-state index contributed by atoms with van der Waals surface area (Å²) in [6, 6.07) is 0. The first-order chi connectivity index (χ1) is 12.1. The first-order valence-electron chi connectivity index (χ1n) is 8.11. The normalized spacial score (nSPS) is 56.9. The Balaban J connectivity index is 1.85. The highest BCUT2D eigenvalue weighted by Crippen LogP contribution is 2.52. The molecule has 0 aromatic heterocycles. The fourth-order valence-electron chi connectivity index (χ4n) is 3.80. The van der Waals surface area contributed by atoms with Crippen molar-refractivity contribution < 1.29 is 50.0 Å². The maximum atomic E-state index is 10.8. The number of halogens is 1. The van der Waals surface area contributed by atoms with Crippen LogP contribution in [0.4, 0.5) is 0 Å². The van der Waals surface area contributed by atoms with Crippen LogP contribution in [0.1, 0.15) is 6.92 Å². The molecule has 0 aromatic carbocycles. The molecule has 10 nitrogen and oxygen atoms in total. The second-order valence-corrected chi connectivity index (χ2v) is 8.06. The number of aliphatic hydroxyl groups excluding tert-OH is 5. The molecule has 1 aliphatic carbocycles. The van der Waals surface area contributed by atoms with Gasteiger partial charge in [0.2, 0.25) is 6.29 Å². The average molecular weight is 443 g/mol. The third-order valence-corrected chi connectivity index (χ3v) is 6.80. The molecule has 3 aliphatic rings. The summed E-state index contributed by atoms with van der Waals surface area (Å²) in [7, 11) is 0. The molecule has 26 heavy (non-hydrogen) atoms. The van der Waals surface area contributed by atoms with Crippen molar-refractivity contribution in [3.63, 3.8) is 0 Å². The van der Waals surface area contributed by atoms with Crippen molar-refractivity contribution in [1.29, 1.82) is 0 Å². The summed E-state index contributed by atoms with van der Waals surface area (Å²) in [4.78, 5) is -0.905. The molecule has 0 unspecified atom stereocenters. The van der Waals surface area contributed by atoms with E-state index in [0.29, 0.717) is 0 Å². The maximum absolute atomic E-state index is 10.8. The van der Waals surface area contributed by atoms with Crippen LogP contribution in [-0.2, 0) is 14.2 Å². The summed E-state index contributed by atoms with van der Waals surface area (Å²) in [6.07, 6.45) is -8.03. The number of alkyl halides is 1. The smallest absolute Gasteiger partial charge is 0.210 e. The predicted octanol–water partition coefficient (Wildman–Crippen LogP) is -3.09. The van der Waals surface area contributed by atoms with Gasteiger partial charge in [-0.05, 0) is 13.0 Å². The molecule has 0 radical (unpaired) electrons. The van der Waals surface area contributed by atoms with Crippen molar-refractivity contribution in [3.8, 4) is 0 Å². The number of aliphatic hydroxyl groups is 7. The molecule has 2 fully saturated rings. The van der Waals surface area contributed by atoms with Crippen LogP contribution in [0.2, 0.25) is 0 Å². The Kier molecular flexibility index (Phi) is 5.43. The Morgan fingerprint density at radius 2 is 1.73 bits per heavy atom. The van der Waals surface area contributed by atoms with Gasteiger partial charge >= 0.3 is 0 Å². The van der Waals surface area contributed by atoms with Crippen LogP contribution in [-0.4, -0.2) is 101 Å². The summed E-state index contributed by atoms with van der Waals surface area (Å²) in [6.45, 7) is 0.744. The lowest BCUT2D eigenvalue weighted by molar-refractivity contribution is -0.351.